The number of nitrogens with one attached hydrogen (secondary N) is 1. The normalized spacial score (nSPS) is 11.8. The molecule has 2 rings (SSSR count). The fourth-order valence-corrected chi connectivity index (χ4v) is 2.52. The van der Waals surface area contributed by atoms with Gasteiger partial charge in [0.25, 0.3) is 5.91 Å². The highest BCUT2D eigenvalue weighted by atomic mass is 79.9. The molecule has 0 saturated carbocycles. The van der Waals surface area contributed by atoms with Crippen molar-refractivity contribution < 1.29 is 13.9 Å². The summed E-state index contributed by atoms with van der Waals surface area (Å²) in [6, 6.07) is 13.2. The molecule has 0 radical (unpaired) electrons. The number of rotatable bonds is 5. The molecule has 0 spiro atoms. The highest BCUT2D eigenvalue weighted by molar-refractivity contribution is 9.10. The van der Waals surface area contributed by atoms with Crippen molar-refractivity contribution in [1.29, 1.82) is 0 Å². The lowest BCUT2D eigenvalue weighted by molar-refractivity contribution is -0.123. The van der Waals surface area contributed by atoms with Crippen LogP contribution in [-0.4, -0.2) is 12.5 Å². The second-order valence-electron chi connectivity index (χ2n) is 4.56. The fraction of sp³-hybridized carbons (Fsp3) is 0.188. The van der Waals surface area contributed by atoms with Gasteiger partial charge in [0.15, 0.2) is 6.61 Å². The standard InChI is InChI=1S/C16H15BrFNO2/c1-11(14-7-2-3-8-15(14)17)19-16(20)10-21-13-6-4-5-12(18)9-13/h2-9,11H,10H2,1H3,(H,19,20). The topological polar surface area (TPSA) is 38.3 Å². The molecule has 0 aliphatic rings. The zero-order chi connectivity index (χ0) is 15.2. The molecule has 1 N–H and O–H groups in total. The lowest BCUT2D eigenvalue weighted by atomic mass is 10.1. The molecule has 3 nitrogen and oxygen atoms in total. The maximum atomic E-state index is 13.0. The van der Waals surface area contributed by atoms with Crippen molar-refractivity contribution in [1.82, 2.24) is 5.32 Å². The summed E-state index contributed by atoms with van der Waals surface area (Å²) in [5.74, 6) is -0.323. The van der Waals surface area contributed by atoms with Gasteiger partial charge in [0, 0.05) is 10.5 Å². The third-order valence-electron chi connectivity index (χ3n) is 2.92. The van der Waals surface area contributed by atoms with Gasteiger partial charge in [-0.2, -0.15) is 0 Å². The van der Waals surface area contributed by atoms with Gasteiger partial charge in [-0.25, -0.2) is 4.39 Å². The molecule has 2 aromatic rings. The number of benzene rings is 2. The summed E-state index contributed by atoms with van der Waals surface area (Å²) in [7, 11) is 0. The highest BCUT2D eigenvalue weighted by Crippen LogP contribution is 2.22. The summed E-state index contributed by atoms with van der Waals surface area (Å²) in [5.41, 5.74) is 0.983. The second kappa shape index (κ2) is 7.22. The SMILES string of the molecule is CC(NC(=O)COc1cccc(F)c1)c1ccccc1Br. The Labute approximate surface area is 131 Å². The van der Waals surface area contributed by atoms with Crippen molar-refractivity contribution in [3.05, 3.63) is 64.4 Å². The fourth-order valence-electron chi connectivity index (χ4n) is 1.89. The molecule has 2 aromatic carbocycles. The molecule has 5 heteroatoms. The molecule has 0 heterocycles. The average Bonchev–Trinajstić information content (AvgIpc) is 2.45. The minimum absolute atomic E-state index is 0.149. The van der Waals surface area contributed by atoms with E-state index < -0.39 is 5.82 Å². The minimum atomic E-state index is -0.394. The largest absolute Gasteiger partial charge is 0.484 e. The average molecular weight is 352 g/mol. The van der Waals surface area contributed by atoms with E-state index in [1.807, 2.05) is 31.2 Å². The van der Waals surface area contributed by atoms with Crippen molar-refractivity contribution in [3.63, 3.8) is 0 Å². The van der Waals surface area contributed by atoms with Gasteiger partial charge in [-0.3, -0.25) is 4.79 Å². The number of amides is 1. The Bertz CT molecular complexity index is 633. The molecule has 0 bridgehead atoms. The first kappa shape index (κ1) is 15.5. The van der Waals surface area contributed by atoms with Crippen molar-refractivity contribution in [3.8, 4) is 5.75 Å². The molecule has 0 aliphatic carbocycles. The van der Waals surface area contributed by atoms with Crippen LogP contribution in [-0.2, 0) is 4.79 Å². The number of hydrogen-bond donors (Lipinski definition) is 1. The summed E-state index contributed by atoms with van der Waals surface area (Å²) in [6.07, 6.45) is 0. The smallest absolute Gasteiger partial charge is 0.258 e. The van der Waals surface area contributed by atoms with Gasteiger partial charge in [0.1, 0.15) is 11.6 Å². The van der Waals surface area contributed by atoms with E-state index in [1.54, 1.807) is 6.07 Å². The third-order valence-corrected chi connectivity index (χ3v) is 3.64. The number of carbonyl (C=O) groups excluding carboxylic acids is 1. The molecule has 1 unspecified atom stereocenters. The molecule has 0 aliphatic heterocycles. The monoisotopic (exact) mass is 351 g/mol. The third kappa shape index (κ3) is 4.56. The van der Waals surface area contributed by atoms with Crippen LogP contribution in [0.2, 0.25) is 0 Å². The van der Waals surface area contributed by atoms with Crippen LogP contribution in [0.15, 0.2) is 53.0 Å². The van der Waals surface area contributed by atoms with E-state index in [0.717, 1.165) is 10.0 Å². The summed E-state index contributed by atoms with van der Waals surface area (Å²) in [4.78, 5) is 11.9. The maximum Gasteiger partial charge on any atom is 0.258 e. The Balaban J connectivity index is 1.89. The molecule has 0 fully saturated rings. The summed E-state index contributed by atoms with van der Waals surface area (Å²) in [5, 5.41) is 2.83. The van der Waals surface area contributed by atoms with Crippen molar-refractivity contribution in [2.24, 2.45) is 0 Å². The molecule has 21 heavy (non-hydrogen) atoms. The first-order chi connectivity index (χ1) is 10.1. The number of carbonyl (C=O) groups is 1. The molecule has 110 valence electrons. The zero-order valence-corrected chi connectivity index (χ0v) is 13.1. The predicted octanol–water partition coefficient (Wildman–Crippen LogP) is 3.84. The van der Waals surface area contributed by atoms with Crippen LogP contribution in [0.3, 0.4) is 0 Å². The molecule has 0 aromatic heterocycles. The Hall–Kier alpha value is -1.88. The highest BCUT2D eigenvalue weighted by Gasteiger charge is 2.12. The van der Waals surface area contributed by atoms with Gasteiger partial charge in [0.05, 0.1) is 6.04 Å². The van der Waals surface area contributed by atoms with Crippen LogP contribution in [0.1, 0.15) is 18.5 Å². The van der Waals surface area contributed by atoms with E-state index in [2.05, 4.69) is 21.2 Å². The molecule has 1 amide bonds. The van der Waals surface area contributed by atoms with E-state index in [9.17, 15) is 9.18 Å². The van der Waals surface area contributed by atoms with Crippen LogP contribution >= 0.6 is 15.9 Å². The van der Waals surface area contributed by atoms with Crippen molar-refractivity contribution in [2.45, 2.75) is 13.0 Å². The molecular formula is C16H15BrFNO2. The summed E-state index contributed by atoms with van der Waals surface area (Å²) >= 11 is 3.45. The zero-order valence-electron chi connectivity index (χ0n) is 11.5. The van der Waals surface area contributed by atoms with E-state index >= 15 is 0 Å². The second-order valence-corrected chi connectivity index (χ2v) is 5.41. The van der Waals surface area contributed by atoms with Crippen LogP contribution in [0.4, 0.5) is 4.39 Å². The van der Waals surface area contributed by atoms with Gasteiger partial charge in [-0.15, -0.1) is 0 Å². The lowest BCUT2D eigenvalue weighted by Crippen LogP contribution is -2.31. The van der Waals surface area contributed by atoms with Gasteiger partial charge in [-0.05, 0) is 30.7 Å². The Morgan fingerprint density at radius 3 is 2.76 bits per heavy atom. The summed E-state index contributed by atoms with van der Waals surface area (Å²) in [6.45, 7) is 1.73. The predicted molar refractivity (Wildman–Crippen MR) is 82.6 cm³/mol. The van der Waals surface area contributed by atoms with Gasteiger partial charge in [0.2, 0.25) is 0 Å². The van der Waals surface area contributed by atoms with Gasteiger partial charge >= 0.3 is 0 Å². The van der Waals surface area contributed by atoms with Gasteiger partial charge < -0.3 is 10.1 Å². The molecule has 0 saturated heterocycles. The number of hydrogen-bond acceptors (Lipinski definition) is 2. The van der Waals surface area contributed by atoms with E-state index in [0.29, 0.717) is 5.75 Å². The Morgan fingerprint density at radius 1 is 1.29 bits per heavy atom. The maximum absolute atomic E-state index is 13.0. The van der Waals surface area contributed by atoms with Crippen LogP contribution in [0.25, 0.3) is 0 Å². The van der Waals surface area contributed by atoms with Crippen LogP contribution < -0.4 is 10.1 Å². The molecular weight excluding hydrogens is 337 g/mol. The first-order valence-electron chi connectivity index (χ1n) is 6.48. The van der Waals surface area contributed by atoms with E-state index in [-0.39, 0.29) is 18.6 Å². The first-order valence-corrected chi connectivity index (χ1v) is 7.27. The van der Waals surface area contributed by atoms with Crippen LogP contribution in [0, 0.1) is 5.82 Å². The Kier molecular flexibility index (Phi) is 5.33. The van der Waals surface area contributed by atoms with Crippen LogP contribution in [0.5, 0.6) is 5.75 Å². The van der Waals surface area contributed by atoms with Crippen molar-refractivity contribution in [2.75, 3.05) is 6.61 Å². The van der Waals surface area contributed by atoms with Crippen molar-refractivity contribution >= 4 is 21.8 Å². The lowest BCUT2D eigenvalue weighted by Gasteiger charge is -2.16. The Morgan fingerprint density at radius 2 is 2.05 bits per heavy atom. The molecule has 1 atom stereocenters. The minimum Gasteiger partial charge on any atom is -0.484 e. The van der Waals surface area contributed by atoms with E-state index in [1.165, 1.54) is 18.2 Å². The van der Waals surface area contributed by atoms with Gasteiger partial charge in [-0.1, -0.05) is 40.2 Å². The quantitative estimate of drug-likeness (QED) is 0.888. The number of ether oxygens (including phenoxy) is 1. The van der Waals surface area contributed by atoms with E-state index in [4.69, 9.17) is 4.74 Å². The number of halogens is 2. The summed E-state index contributed by atoms with van der Waals surface area (Å²) < 4.78 is 19.2.